The molecule has 0 amide bonds. The number of rotatable bonds is 5. The second kappa shape index (κ2) is 6.64. The Balaban J connectivity index is 1.55. The lowest BCUT2D eigenvalue weighted by molar-refractivity contribution is 0.216. The van der Waals surface area contributed by atoms with Gasteiger partial charge in [0.15, 0.2) is 5.82 Å². The standard InChI is InChI=1S/C16H23N5O2/c1-12-17-15(18-23-12)11-20(3)14-5-7-21(10-14)9-13-4-6-19(2)16(22)8-13/h4,6,8,14H,5,7,9-11H2,1-3H3. The van der Waals surface area contributed by atoms with Crippen LogP contribution in [-0.2, 0) is 20.1 Å². The van der Waals surface area contributed by atoms with Gasteiger partial charge in [-0.1, -0.05) is 5.16 Å². The van der Waals surface area contributed by atoms with Crippen LogP contribution in [0.1, 0.15) is 23.7 Å². The van der Waals surface area contributed by atoms with Gasteiger partial charge in [-0.3, -0.25) is 14.6 Å². The molecule has 2 aromatic rings. The lowest BCUT2D eigenvalue weighted by Crippen LogP contribution is -2.34. The number of likely N-dealkylation sites (tertiary alicyclic amines) is 1. The maximum absolute atomic E-state index is 11.7. The largest absolute Gasteiger partial charge is 0.340 e. The SMILES string of the molecule is Cc1nc(CN(C)C2CCN(Cc3ccn(C)c(=O)c3)C2)no1. The van der Waals surface area contributed by atoms with Crippen molar-refractivity contribution in [2.75, 3.05) is 20.1 Å². The molecule has 1 fully saturated rings. The summed E-state index contributed by atoms with van der Waals surface area (Å²) in [6.45, 7) is 5.35. The third-order valence-electron chi connectivity index (χ3n) is 4.41. The molecule has 1 aliphatic rings. The van der Waals surface area contributed by atoms with E-state index in [4.69, 9.17) is 4.52 Å². The molecule has 1 aliphatic heterocycles. The first-order valence-corrected chi connectivity index (χ1v) is 7.88. The molecular formula is C16H23N5O2. The number of hydrogen-bond donors (Lipinski definition) is 0. The van der Waals surface area contributed by atoms with Gasteiger partial charge in [-0.15, -0.1) is 0 Å². The van der Waals surface area contributed by atoms with Gasteiger partial charge < -0.3 is 9.09 Å². The topological polar surface area (TPSA) is 67.4 Å². The molecule has 0 aromatic carbocycles. The molecule has 0 saturated carbocycles. The molecule has 7 nitrogen and oxygen atoms in total. The number of pyridine rings is 1. The van der Waals surface area contributed by atoms with Crippen LogP contribution in [0.25, 0.3) is 0 Å². The molecule has 7 heteroatoms. The predicted molar refractivity (Wildman–Crippen MR) is 85.9 cm³/mol. The Morgan fingerprint density at radius 2 is 2.30 bits per heavy atom. The van der Waals surface area contributed by atoms with Crippen LogP contribution in [-0.4, -0.2) is 50.7 Å². The average Bonchev–Trinajstić information content (AvgIpc) is 3.12. The van der Waals surface area contributed by atoms with Crippen LogP contribution in [0.3, 0.4) is 0 Å². The first kappa shape index (κ1) is 15.9. The van der Waals surface area contributed by atoms with Crippen molar-refractivity contribution in [3.63, 3.8) is 0 Å². The molecule has 1 atom stereocenters. The van der Waals surface area contributed by atoms with E-state index in [9.17, 15) is 4.79 Å². The highest BCUT2D eigenvalue weighted by molar-refractivity contribution is 5.11. The third kappa shape index (κ3) is 3.86. The highest BCUT2D eigenvalue weighted by atomic mass is 16.5. The average molecular weight is 317 g/mol. The van der Waals surface area contributed by atoms with Crippen molar-refractivity contribution in [2.24, 2.45) is 7.05 Å². The molecule has 3 heterocycles. The molecule has 0 radical (unpaired) electrons. The maximum Gasteiger partial charge on any atom is 0.250 e. The van der Waals surface area contributed by atoms with E-state index in [1.807, 2.05) is 12.3 Å². The van der Waals surface area contributed by atoms with Gasteiger partial charge >= 0.3 is 0 Å². The predicted octanol–water partition coefficient (Wildman–Crippen LogP) is 0.783. The van der Waals surface area contributed by atoms with E-state index in [2.05, 4.69) is 27.0 Å². The Morgan fingerprint density at radius 3 is 3.00 bits per heavy atom. The zero-order chi connectivity index (χ0) is 16.4. The van der Waals surface area contributed by atoms with Crippen LogP contribution in [0, 0.1) is 6.92 Å². The first-order valence-electron chi connectivity index (χ1n) is 7.88. The Bertz CT molecular complexity index is 723. The maximum atomic E-state index is 11.7. The highest BCUT2D eigenvalue weighted by Gasteiger charge is 2.26. The van der Waals surface area contributed by atoms with E-state index in [1.165, 1.54) is 0 Å². The van der Waals surface area contributed by atoms with E-state index in [0.717, 1.165) is 37.4 Å². The Labute approximate surface area is 135 Å². The van der Waals surface area contributed by atoms with Crippen LogP contribution < -0.4 is 5.56 Å². The summed E-state index contributed by atoms with van der Waals surface area (Å²) in [6.07, 6.45) is 2.94. The highest BCUT2D eigenvalue weighted by Crippen LogP contribution is 2.18. The first-order chi connectivity index (χ1) is 11.0. The van der Waals surface area contributed by atoms with E-state index in [0.29, 0.717) is 18.5 Å². The number of likely N-dealkylation sites (N-methyl/N-ethyl adjacent to an activating group) is 1. The molecule has 3 rings (SSSR count). The summed E-state index contributed by atoms with van der Waals surface area (Å²) >= 11 is 0. The number of nitrogens with zero attached hydrogens (tertiary/aromatic N) is 5. The molecule has 124 valence electrons. The molecule has 1 saturated heterocycles. The van der Waals surface area contributed by atoms with Crippen LogP contribution in [0.4, 0.5) is 0 Å². The van der Waals surface area contributed by atoms with Crippen molar-refractivity contribution >= 4 is 0 Å². The van der Waals surface area contributed by atoms with Crippen molar-refractivity contribution in [1.82, 2.24) is 24.5 Å². The fraction of sp³-hybridized carbons (Fsp3) is 0.562. The summed E-state index contributed by atoms with van der Waals surface area (Å²) in [5.74, 6) is 1.34. The van der Waals surface area contributed by atoms with Gasteiger partial charge in [0.05, 0.1) is 6.54 Å². The molecular weight excluding hydrogens is 294 g/mol. The van der Waals surface area contributed by atoms with Gasteiger partial charge in [0.2, 0.25) is 5.89 Å². The monoisotopic (exact) mass is 317 g/mol. The summed E-state index contributed by atoms with van der Waals surface area (Å²) in [5, 5.41) is 3.95. The molecule has 0 N–H and O–H groups in total. The lowest BCUT2D eigenvalue weighted by atomic mass is 10.2. The number of aryl methyl sites for hydroxylation is 2. The van der Waals surface area contributed by atoms with Crippen LogP contribution in [0.5, 0.6) is 0 Å². The summed E-state index contributed by atoms with van der Waals surface area (Å²) in [4.78, 5) is 20.6. The molecule has 2 aromatic heterocycles. The number of aromatic nitrogens is 3. The van der Waals surface area contributed by atoms with E-state index >= 15 is 0 Å². The quantitative estimate of drug-likeness (QED) is 0.812. The molecule has 0 spiro atoms. The summed E-state index contributed by atoms with van der Waals surface area (Å²) < 4.78 is 6.61. The van der Waals surface area contributed by atoms with Crippen molar-refractivity contribution in [3.8, 4) is 0 Å². The second-order valence-electron chi connectivity index (χ2n) is 6.31. The van der Waals surface area contributed by atoms with E-state index in [-0.39, 0.29) is 5.56 Å². The molecule has 23 heavy (non-hydrogen) atoms. The number of hydrogen-bond acceptors (Lipinski definition) is 6. The minimum Gasteiger partial charge on any atom is -0.340 e. The van der Waals surface area contributed by atoms with Gasteiger partial charge in [0, 0.05) is 51.9 Å². The lowest BCUT2D eigenvalue weighted by Gasteiger charge is -2.23. The zero-order valence-corrected chi connectivity index (χ0v) is 13.9. The molecule has 0 aliphatic carbocycles. The van der Waals surface area contributed by atoms with Crippen molar-refractivity contribution in [3.05, 3.63) is 46.0 Å². The fourth-order valence-corrected chi connectivity index (χ4v) is 3.02. The second-order valence-corrected chi connectivity index (χ2v) is 6.31. The Kier molecular flexibility index (Phi) is 4.58. The third-order valence-corrected chi connectivity index (χ3v) is 4.41. The van der Waals surface area contributed by atoms with Gasteiger partial charge in [-0.2, -0.15) is 4.98 Å². The summed E-state index contributed by atoms with van der Waals surface area (Å²) in [6, 6.07) is 4.21. The van der Waals surface area contributed by atoms with Gasteiger partial charge in [-0.25, -0.2) is 0 Å². The van der Waals surface area contributed by atoms with Crippen LogP contribution >= 0.6 is 0 Å². The van der Waals surface area contributed by atoms with Gasteiger partial charge in [0.1, 0.15) is 0 Å². The van der Waals surface area contributed by atoms with Crippen molar-refractivity contribution < 1.29 is 4.52 Å². The van der Waals surface area contributed by atoms with Gasteiger partial charge in [0.25, 0.3) is 5.56 Å². The Hall–Kier alpha value is -1.99. The van der Waals surface area contributed by atoms with Crippen molar-refractivity contribution in [1.29, 1.82) is 0 Å². The van der Waals surface area contributed by atoms with Crippen LogP contribution in [0.2, 0.25) is 0 Å². The minimum atomic E-state index is 0.0443. The summed E-state index contributed by atoms with van der Waals surface area (Å²) in [5.41, 5.74) is 1.12. The van der Waals surface area contributed by atoms with Gasteiger partial charge in [-0.05, 0) is 25.1 Å². The van der Waals surface area contributed by atoms with E-state index < -0.39 is 0 Å². The molecule has 0 bridgehead atoms. The summed E-state index contributed by atoms with van der Waals surface area (Å²) in [7, 11) is 3.87. The normalized spacial score (nSPS) is 18.9. The zero-order valence-electron chi connectivity index (χ0n) is 13.9. The van der Waals surface area contributed by atoms with Crippen molar-refractivity contribution in [2.45, 2.75) is 32.5 Å². The Morgan fingerprint density at radius 1 is 1.48 bits per heavy atom. The molecule has 1 unspecified atom stereocenters. The smallest absolute Gasteiger partial charge is 0.250 e. The minimum absolute atomic E-state index is 0.0443. The van der Waals surface area contributed by atoms with E-state index in [1.54, 1.807) is 24.6 Å². The fourth-order valence-electron chi connectivity index (χ4n) is 3.02. The van der Waals surface area contributed by atoms with Crippen LogP contribution in [0.15, 0.2) is 27.6 Å².